The molecular weight excluding hydrogens is 104 g/mol. The van der Waals surface area contributed by atoms with Gasteiger partial charge in [-0.25, -0.2) is 0 Å². The monoisotopic (exact) mass is 116 g/mol. The topological polar surface area (TPSA) is 0 Å². The molecule has 0 spiro atoms. The fraction of sp³-hybridized carbons (Fsp3) is 0.667. The van der Waals surface area contributed by atoms with E-state index in [0.717, 1.165) is 12.2 Å². The van der Waals surface area contributed by atoms with Crippen LogP contribution in [0.1, 0.15) is 20.3 Å². The van der Waals surface area contributed by atoms with Crippen LogP contribution in [0.25, 0.3) is 0 Å². The lowest BCUT2D eigenvalue weighted by Gasteiger charge is -1.90. The largest absolute Gasteiger partial charge is 0.179 e. The Labute approximate surface area is 51.0 Å². The molecule has 0 bridgehead atoms. The first-order chi connectivity index (χ1) is 3.31. The standard InChI is InChI=1S/C6H12S/c1-3-6(2)4-5-7/h3,7H,4-5H2,1-2H3. The predicted octanol–water partition coefficient (Wildman–Crippen LogP) is 2.27. The number of allylic oxidation sites excluding steroid dienone is 2. The van der Waals surface area contributed by atoms with E-state index in [4.69, 9.17) is 0 Å². The van der Waals surface area contributed by atoms with E-state index in [-0.39, 0.29) is 0 Å². The highest BCUT2D eigenvalue weighted by Gasteiger charge is 1.80. The molecule has 7 heavy (non-hydrogen) atoms. The summed E-state index contributed by atoms with van der Waals surface area (Å²) < 4.78 is 0. The molecule has 0 atom stereocenters. The second-order valence-electron chi connectivity index (χ2n) is 1.61. The van der Waals surface area contributed by atoms with Crippen LogP contribution in [0.15, 0.2) is 11.6 Å². The lowest BCUT2D eigenvalue weighted by atomic mass is 10.2. The van der Waals surface area contributed by atoms with Crippen molar-refractivity contribution in [2.24, 2.45) is 0 Å². The van der Waals surface area contributed by atoms with Crippen LogP contribution in [0.2, 0.25) is 0 Å². The van der Waals surface area contributed by atoms with Gasteiger partial charge in [0.2, 0.25) is 0 Å². The SMILES string of the molecule is CC=C(C)CCS. The van der Waals surface area contributed by atoms with Crippen molar-refractivity contribution in [1.29, 1.82) is 0 Å². The number of hydrogen-bond donors (Lipinski definition) is 1. The number of rotatable bonds is 2. The molecule has 0 amide bonds. The summed E-state index contributed by atoms with van der Waals surface area (Å²) in [6.07, 6.45) is 3.25. The third-order valence-electron chi connectivity index (χ3n) is 0.999. The minimum atomic E-state index is 0.968. The molecule has 0 aliphatic rings. The summed E-state index contributed by atoms with van der Waals surface area (Å²) in [4.78, 5) is 0. The lowest BCUT2D eigenvalue weighted by Crippen LogP contribution is -1.74. The van der Waals surface area contributed by atoms with Crippen LogP contribution in [0.5, 0.6) is 0 Å². The predicted molar refractivity (Wildman–Crippen MR) is 37.9 cm³/mol. The molecular formula is C6H12S. The summed E-state index contributed by atoms with van der Waals surface area (Å²) in [6.45, 7) is 4.18. The van der Waals surface area contributed by atoms with E-state index in [1.54, 1.807) is 0 Å². The highest BCUT2D eigenvalue weighted by Crippen LogP contribution is 1.98. The Morgan fingerprint density at radius 1 is 1.71 bits per heavy atom. The molecule has 0 aromatic rings. The first kappa shape index (κ1) is 7.09. The van der Waals surface area contributed by atoms with E-state index < -0.39 is 0 Å². The average Bonchev–Trinajstić information content (AvgIpc) is 1.68. The second kappa shape index (κ2) is 4.25. The summed E-state index contributed by atoms with van der Waals surface area (Å²) in [5.41, 5.74) is 1.43. The molecule has 0 aromatic carbocycles. The summed E-state index contributed by atoms with van der Waals surface area (Å²) in [5, 5.41) is 0. The van der Waals surface area contributed by atoms with E-state index in [1.807, 2.05) is 0 Å². The molecule has 0 aliphatic heterocycles. The van der Waals surface area contributed by atoms with Gasteiger partial charge in [0, 0.05) is 0 Å². The molecule has 0 aliphatic carbocycles. The Kier molecular flexibility index (Phi) is 4.31. The molecule has 0 N–H and O–H groups in total. The zero-order valence-electron chi connectivity index (χ0n) is 4.94. The maximum atomic E-state index is 4.07. The smallest absolute Gasteiger partial charge is 0.00607 e. The van der Waals surface area contributed by atoms with Crippen LogP contribution in [0.3, 0.4) is 0 Å². The summed E-state index contributed by atoms with van der Waals surface area (Å²) in [5.74, 6) is 0.968. The molecule has 0 fully saturated rings. The van der Waals surface area contributed by atoms with Gasteiger partial charge in [-0.15, -0.1) is 0 Å². The molecule has 0 heterocycles. The van der Waals surface area contributed by atoms with Gasteiger partial charge >= 0.3 is 0 Å². The molecule has 0 rings (SSSR count). The molecule has 0 aromatic heterocycles. The van der Waals surface area contributed by atoms with Gasteiger partial charge in [-0.05, 0) is 26.0 Å². The molecule has 0 saturated heterocycles. The second-order valence-corrected chi connectivity index (χ2v) is 2.06. The first-order valence-electron chi connectivity index (χ1n) is 2.54. The van der Waals surface area contributed by atoms with Gasteiger partial charge in [0.25, 0.3) is 0 Å². The van der Waals surface area contributed by atoms with E-state index in [9.17, 15) is 0 Å². The van der Waals surface area contributed by atoms with Crippen LogP contribution >= 0.6 is 12.6 Å². The van der Waals surface area contributed by atoms with Gasteiger partial charge in [0.1, 0.15) is 0 Å². The van der Waals surface area contributed by atoms with Crippen molar-refractivity contribution >= 4 is 12.6 Å². The maximum absolute atomic E-state index is 4.07. The van der Waals surface area contributed by atoms with Crippen molar-refractivity contribution in [2.45, 2.75) is 20.3 Å². The zero-order chi connectivity index (χ0) is 5.70. The van der Waals surface area contributed by atoms with E-state index in [2.05, 4.69) is 32.6 Å². The Morgan fingerprint density at radius 3 is 2.43 bits per heavy atom. The lowest BCUT2D eigenvalue weighted by molar-refractivity contribution is 1.11. The summed E-state index contributed by atoms with van der Waals surface area (Å²) >= 11 is 4.07. The van der Waals surface area contributed by atoms with Gasteiger partial charge < -0.3 is 0 Å². The first-order valence-corrected chi connectivity index (χ1v) is 3.17. The van der Waals surface area contributed by atoms with Crippen LogP contribution in [-0.4, -0.2) is 5.75 Å². The van der Waals surface area contributed by atoms with Gasteiger partial charge in [-0.1, -0.05) is 11.6 Å². The minimum Gasteiger partial charge on any atom is -0.179 e. The Balaban J connectivity index is 3.17. The van der Waals surface area contributed by atoms with Gasteiger partial charge in [0.05, 0.1) is 0 Å². The third-order valence-corrected chi connectivity index (χ3v) is 1.22. The van der Waals surface area contributed by atoms with Crippen LogP contribution in [-0.2, 0) is 0 Å². The van der Waals surface area contributed by atoms with E-state index in [1.165, 1.54) is 5.57 Å². The van der Waals surface area contributed by atoms with Crippen molar-refractivity contribution in [3.05, 3.63) is 11.6 Å². The molecule has 1 heteroatoms. The maximum Gasteiger partial charge on any atom is -0.00607 e. The van der Waals surface area contributed by atoms with Crippen LogP contribution < -0.4 is 0 Å². The Morgan fingerprint density at radius 2 is 2.29 bits per heavy atom. The quantitative estimate of drug-likeness (QED) is 0.415. The van der Waals surface area contributed by atoms with E-state index in [0.29, 0.717) is 0 Å². The number of thiol groups is 1. The van der Waals surface area contributed by atoms with E-state index >= 15 is 0 Å². The van der Waals surface area contributed by atoms with Crippen molar-refractivity contribution in [3.63, 3.8) is 0 Å². The fourth-order valence-electron chi connectivity index (χ4n) is 0.321. The highest BCUT2D eigenvalue weighted by molar-refractivity contribution is 7.80. The molecule has 42 valence electrons. The van der Waals surface area contributed by atoms with Crippen LogP contribution in [0.4, 0.5) is 0 Å². The van der Waals surface area contributed by atoms with Crippen molar-refractivity contribution in [3.8, 4) is 0 Å². The van der Waals surface area contributed by atoms with Gasteiger partial charge in [-0.3, -0.25) is 0 Å². The molecule has 0 radical (unpaired) electrons. The van der Waals surface area contributed by atoms with Crippen molar-refractivity contribution in [1.82, 2.24) is 0 Å². The van der Waals surface area contributed by atoms with Gasteiger partial charge in [-0.2, -0.15) is 12.6 Å². The fourth-order valence-corrected chi connectivity index (χ4v) is 0.673. The minimum absolute atomic E-state index is 0.968. The Bertz CT molecular complexity index is 64.6. The number of hydrogen-bond acceptors (Lipinski definition) is 1. The van der Waals surface area contributed by atoms with Crippen molar-refractivity contribution in [2.75, 3.05) is 5.75 Å². The molecule has 0 unspecified atom stereocenters. The normalized spacial score (nSPS) is 12.1. The van der Waals surface area contributed by atoms with Gasteiger partial charge in [0.15, 0.2) is 0 Å². The summed E-state index contributed by atoms with van der Waals surface area (Å²) in [7, 11) is 0. The molecule has 0 saturated carbocycles. The molecule has 0 nitrogen and oxygen atoms in total. The summed E-state index contributed by atoms with van der Waals surface area (Å²) in [6, 6.07) is 0. The highest BCUT2D eigenvalue weighted by atomic mass is 32.1. The van der Waals surface area contributed by atoms with Crippen molar-refractivity contribution < 1.29 is 0 Å². The zero-order valence-corrected chi connectivity index (χ0v) is 5.83. The third kappa shape index (κ3) is 3.93. The van der Waals surface area contributed by atoms with Crippen LogP contribution in [0, 0.1) is 0 Å². The Hall–Kier alpha value is 0.0900. The average molecular weight is 116 g/mol.